The Labute approximate surface area is 203 Å². The molecule has 1 amide bonds. The van der Waals surface area contributed by atoms with Crippen LogP contribution >= 0.6 is 0 Å². The smallest absolute Gasteiger partial charge is 0.410 e. The highest BCUT2D eigenvalue weighted by molar-refractivity contribution is 5.79. The Morgan fingerprint density at radius 3 is 2.23 bits per heavy atom. The second kappa shape index (κ2) is 8.21. The van der Waals surface area contributed by atoms with Crippen LogP contribution < -0.4 is 0 Å². The average molecular weight is 469 g/mol. The van der Waals surface area contributed by atoms with Crippen LogP contribution in [-0.2, 0) is 10.3 Å². The zero-order chi connectivity index (χ0) is 24.2. The molecule has 0 radical (unpaired) electrons. The lowest BCUT2D eigenvalue weighted by molar-refractivity contribution is -0.0534. The number of hydrogen-bond donors (Lipinski definition) is 1. The summed E-state index contributed by atoms with van der Waals surface area (Å²) in [5, 5.41) is 21.0. The molecule has 1 aliphatic carbocycles. The number of fused-ring (bicyclic) bond motifs is 5. The maximum Gasteiger partial charge on any atom is 0.410 e. The van der Waals surface area contributed by atoms with Crippen LogP contribution in [0.1, 0.15) is 53.9 Å². The molecular weight excluding hydrogens is 443 g/mol. The van der Waals surface area contributed by atoms with Gasteiger partial charge in [-0.15, -0.1) is 0 Å². The van der Waals surface area contributed by atoms with Gasteiger partial charge in [-0.05, 0) is 53.3 Å². The number of nitriles is 1. The monoisotopic (exact) mass is 468 g/mol. The van der Waals surface area contributed by atoms with Gasteiger partial charge in [0.1, 0.15) is 12.4 Å². The fourth-order valence-corrected chi connectivity index (χ4v) is 6.41. The molecule has 2 atom stereocenters. The maximum atomic E-state index is 14.0. The van der Waals surface area contributed by atoms with E-state index in [4.69, 9.17) is 4.74 Å². The normalized spacial score (nSPS) is 24.5. The molecule has 2 saturated heterocycles. The highest BCUT2D eigenvalue weighted by atomic mass is 19.1. The van der Waals surface area contributed by atoms with Gasteiger partial charge in [-0.1, -0.05) is 48.5 Å². The fourth-order valence-electron chi connectivity index (χ4n) is 6.41. The van der Waals surface area contributed by atoms with Gasteiger partial charge >= 0.3 is 6.09 Å². The zero-order valence-electron chi connectivity index (χ0n) is 19.2. The summed E-state index contributed by atoms with van der Waals surface area (Å²) in [5.74, 6) is -0.505. The number of carbonyl (C=O) groups is 1. The average Bonchev–Trinajstić information content (AvgIpc) is 3.34. The number of aliphatic hydroxyl groups is 1. The molecule has 176 valence electrons. The number of hydrogen-bond acceptors (Lipinski definition) is 4. The first-order chi connectivity index (χ1) is 17.0. The van der Waals surface area contributed by atoms with E-state index in [1.165, 1.54) is 29.3 Å². The Morgan fingerprint density at radius 2 is 1.63 bits per heavy atom. The van der Waals surface area contributed by atoms with Crippen LogP contribution in [0.15, 0.2) is 66.7 Å². The second-order valence-corrected chi connectivity index (χ2v) is 9.84. The highest BCUT2D eigenvalue weighted by Crippen LogP contribution is 2.48. The summed E-state index contributed by atoms with van der Waals surface area (Å²) in [6.07, 6.45) is 1.63. The van der Waals surface area contributed by atoms with Crippen molar-refractivity contribution in [3.05, 3.63) is 94.8 Å². The van der Waals surface area contributed by atoms with Gasteiger partial charge < -0.3 is 14.7 Å². The lowest BCUT2D eigenvalue weighted by Crippen LogP contribution is -2.52. The Bertz CT molecular complexity index is 1300. The number of ether oxygens (including phenoxy) is 1. The van der Waals surface area contributed by atoms with Crippen molar-refractivity contribution in [1.82, 2.24) is 4.90 Å². The summed E-state index contributed by atoms with van der Waals surface area (Å²) in [6, 6.07) is 21.9. The first kappa shape index (κ1) is 21.8. The molecule has 1 N–H and O–H groups in total. The predicted octanol–water partition coefficient (Wildman–Crippen LogP) is 5.46. The van der Waals surface area contributed by atoms with Crippen molar-refractivity contribution in [2.75, 3.05) is 6.61 Å². The summed E-state index contributed by atoms with van der Waals surface area (Å²) < 4.78 is 19.9. The lowest BCUT2D eigenvalue weighted by atomic mass is 9.79. The van der Waals surface area contributed by atoms with Gasteiger partial charge in [0.25, 0.3) is 0 Å². The molecule has 0 saturated carbocycles. The predicted molar refractivity (Wildman–Crippen MR) is 128 cm³/mol. The third kappa shape index (κ3) is 3.50. The minimum Gasteiger partial charge on any atom is -0.448 e. The van der Waals surface area contributed by atoms with Crippen molar-refractivity contribution in [2.45, 2.75) is 49.3 Å². The van der Waals surface area contributed by atoms with E-state index in [1.807, 2.05) is 24.3 Å². The summed E-state index contributed by atoms with van der Waals surface area (Å²) in [6.45, 7) is 0.246. The summed E-state index contributed by atoms with van der Waals surface area (Å²) in [7, 11) is 0. The molecule has 5 nitrogen and oxygen atoms in total. The Balaban J connectivity index is 1.20. The van der Waals surface area contributed by atoms with Gasteiger partial charge in [0.2, 0.25) is 0 Å². The zero-order valence-corrected chi connectivity index (χ0v) is 19.2. The van der Waals surface area contributed by atoms with Crippen molar-refractivity contribution < 1.29 is 19.0 Å². The van der Waals surface area contributed by atoms with Crippen LogP contribution in [0, 0.1) is 17.1 Å². The van der Waals surface area contributed by atoms with E-state index in [2.05, 4.69) is 30.3 Å². The van der Waals surface area contributed by atoms with Gasteiger partial charge in [0.15, 0.2) is 0 Å². The van der Waals surface area contributed by atoms with Gasteiger partial charge in [0.05, 0.1) is 17.2 Å². The Morgan fingerprint density at radius 1 is 1.03 bits per heavy atom. The van der Waals surface area contributed by atoms with E-state index < -0.39 is 11.4 Å². The van der Waals surface area contributed by atoms with E-state index in [-0.39, 0.29) is 49.1 Å². The number of rotatable bonds is 3. The van der Waals surface area contributed by atoms with Gasteiger partial charge in [-0.2, -0.15) is 5.26 Å². The van der Waals surface area contributed by atoms with E-state index in [9.17, 15) is 19.6 Å². The van der Waals surface area contributed by atoms with Crippen LogP contribution in [0.4, 0.5) is 9.18 Å². The van der Waals surface area contributed by atoms with Crippen molar-refractivity contribution in [1.29, 1.82) is 5.26 Å². The van der Waals surface area contributed by atoms with Crippen molar-refractivity contribution in [2.24, 2.45) is 0 Å². The molecule has 3 aromatic carbocycles. The number of nitrogens with zero attached hydrogens (tertiary/aromatic N) is 2. The molecule has 2 heterocycles. The first-order valence-corrected chi connectivity index (χ1v) is 12.0. The molecule has 6 rings (SSSR count). The number of piperidine rings is 1. The largest absolute Gasteiger partial charge is 0.448 e. The van der Waals surface area contributed by atoms with Crippen molar-refractivity contribution in [3.8, 4) is 17.2 Å². The second-order valence-electron chi connectivity index (χ2n) is 9.84. The van der Waals surface area contributed by atoms with Crippen LogP contribution in [0.2, 0.25) is 0 Å². The third-order valence-corrected chi connectivity index (χ3v) is 7.92. The summed E-state index contributed by atoms with van der Waals surface area (Å²) >= 11 is 0. The van der Waals surface area contributed by atoms with Crippen LogP contribution in [-0.4, -0.2) is 34.8 Å². The standard InChI is InChI=1S/C29H25FN2O3/c30-19-10-9-18(16-31)27(13-19)29(34)14-20-11-12-21(15-29)32(20)28(33)35-17-26-24-7-3-1-5-22(24)23-6-2-4-8-25(23)26/h1-10,13,20-21,26,34H,11-12,14-15,17H2. The van der Waals surface area contributed by atoms with E-state index in [0.717, 1.165) is 24.0 Å². The SMILES string of the molecule is N#Cc1ccc(F)cc1C1(O)CC2CCC(C1)N2C(=O)OCC1c2ccccc2-c2ccccc21. The molecule has 0 spiro atoms. The number of benzene rings is 3. The van der Waals surface area contributed by atoms with Crippen LogP contribution in [0.25, 0.3) is 11.1 Å². The highest BCUT2D eigenvalue weighted by Gasteiger charge is 2.51. The molecular formula is C29H25FN2O3. The minimum absolute atomic E-state index is 0.0174. The third-order valence-electron chi connectivity index (χ3n) is 7.92. The Kier molecular flexibility index (Phi) is 5.12. The fraction of sp³-hybridized carbons (Fsp3) is 0.310. The molecule has 2 aliphatic heterocycles. The number of halogens is 1. The molecule has 3 aromatic rings. The molecule has 6 heteroatoms. The number of carbonyl (C=O) groups excluding carboxylic acids is 1. The van der Waals surface area contributed by atoms with Crippen molar-refractivity contribution in [3.63, 3.8) is 0 Å². The lowest BCUT2D eigenvalue weighted by Gasteiger charge is -2.43. The molecule has 3 aliphatic rings. The Hall–Kier alpha value is -3.69. The van der Waals surface area contributed by atoms with Crippen LogP contribution in [0.5, 0.6) is 0 Å². The molecule has 2 unspecified atom stereocenters. The summed E-state index contributed by atoms with van der Waals surface area (Å²) in [5.41, 5.74) is 3.90. The topological polar surface area (TPSA) is 73.6 Å². The van der Waals surface area contributed by atoms with Gasteiger partial charge in [0, 0.05) is 36.4 Å². The molecule has 0 aromatic heterocycles. The summed E-state index contributed by atoms with van der Waals surface area (Å²) in [4.78, 5) is 15.0. The minimum atomic E-state index is -1.35. The molecule has 2 fully saturated rings. The van der Waals surface area contributed by atoms with E-state index in [1.54, 1.807) is 4.90 Å². The van der Waals surface area contributed by atoms with E-state index in [0.29, 0.717) is 5.56 Å². The molecule has 35 heavy (non-hydrogen) atoms. The first-order valence-electron chi connectivity index (χ1n) is 12.0. The maximum absolute atomic E-state index is 14.0. The van der Waals surface area contributed by atoms with Crippen LogP contribution in [0.3, 0.4) is 0 Å². The van der Waals surface area contributed by atoms with E-state index >= 15 is 0 Å². The number of amides is 1. The van der Waals surface area contributed by atoms with Gasteiger partial charge in [-0.25, -0.2) is 9.18 Å². The van der Waals surface area contributed by atoms with Crippen molar-refractivity contribution >= 4 is 6.09 Å². The molecule has 2 bridgehead atoms. The van der Waals surface area contributed by atoms with Gasteiger partial charge in [-0.3, -0.25) is 0 Å². The quantitative estimate of drug-likeness (QED) is 0.554.